The Balaban J connectivity index is 1.81. The average Bonchev–Trinajstić information content (AvgIpc) is 2.80. The number of hydrogen-bond donors (Lipinski definition) is 0. The Labute approximate surface area is 102 Å². The predicted octanol–water partition coefficient (Wildman–Crippen LogP) is 1.36. The maximum Gasteiger partial charge on any atom is 0.150 e. The van der Waals surface area contributed by atoms with Gasteiger partial charge in [0.05, 0.1) is 12.2 Å². The van der Waals surface area contributed by atoms with Gasteiger partial charge >= 0.3 is 0 Å². The molecule has 0 aromatic carbocycles. The first-order valence-electron chi connectivity index (χ1n) is 6.22. The summed E-state index contributed by atoms with van der Waals surface area (Å²) in [4.78, 5) is 2.38. The summed E-state index contributed by atoms with van der Waals surface area (Å²) in [6, 6.07) is 2.05. The van der Waals surface area contributed by atoms with Crippen molar-refractivity contribution >= 4 is 6.21 Å². The topological polar surface area (TPSA) is 44.9 Å². The van der Waals surface area contributed by atoms with E-state index < -0.39 is 0 Å². The van der Waals surface area contributed by atoms with Crippen LogP contribution < -0.4 is 0 Å². The lowest BCUT2D eigenvalue weighted by Gasteiger charge is -2.32. The monoisotopic (exact) mass is 236 g/mol. The Hall–Kier alpha value is -1.36. The van der Waals surface area contributed by atoms with E-state index in [2.05, 4.69) is 33.2 Å². The van der Waals surface area contributed by atoms with Gasteiger partial charge in [0, 0.05) is 38.5 Å². The summed E-state index contributed by atoms with van der Waals surface area (Å²) >= 11 is 0. The molecule has 5 heteroatoms. The molecule has 0 radical (unpaired) electrons. The molecule has 17 heavy (non-hydrogen) atoms. The van der Waals surface area contributed by atoms with Gasteiger partial charge in [-0.3, -0.25) is 9.91 Å². The van der Waals surface area contributed by atoms with Crippen LogP contribution in [0, 0.1) is 0 Å². The average molecular weight is 236 g/mol. The van der Waals surface area contributed by atoms with E-state index in [0.717, 1.165) is 50.6 Å². The molecule has 1 fully saturated rings. The second-order valence-corrected chi connectivity index (χ2v) is 4.24. The van der Waals surface area contributed by atoms with E-state index in [9.17, 15) is 0 Å². The lowest BCUT2D eigenvalue weighted by molar-refractivity contribution is 0.122. The zero-order valence-electron chi connectivity index (χ0n) is 10.6. The highest BCUT2D eigenvalue weighted by Gasteiger charge is 2.16. The van der Waals surface area contributed by atoms with Crippen molar-refractivity contribution in [2.45, 2.75) is 26.8 Å². The zero-order chi connectivity index (χ0) is 12.1. The number of nitrogens with zero attached hydrogens (tertiary/aromatic N) is 4. The molecule has 94 valence electrons. The predicted molar refractivity (Wildman–Crippen MR) is 66.9 cm³/mol. The molecular formula is C12H20N4O. The van der Waals surface area contributed by atoms with Crippen molar-refractivity contribution in [1.29, 1.82) is 0 Å². The molecule has 2 heterocycles. The SMILES string of the molecule is C/C=N/N1CCN(Cc2cc(CC)no2)CC1. The van der Waals surface area contributed by atoms with Crippen molar-refractivity contribution in [3.8, 4) is 0 Å². The summed E-state index contributed by atoms with van der Waals surface area (Å²) < 4.78 is 5.30. The first kappa shape index (κ1) is 12.1. The summed E-state index contributed by atoms with van der Waals surface area (Å²) in [6.45, 7) is 8.92. The van der Waals surface area contributed by atoms with E-state index in [0.29, 0.717) is 0 Å². The Morgan fingerprint density at radius 3 is 2.76 bits per heavy atom. The highest BCUT2D eigenvalue weighted by atomic mass is 16.5. The van der Waals surface area contributed by atoms with Crippen molar-refractivity contribution in [2.75, 3.05) is 26.2 Å². The number of piperazine rings is 1. The van der Waals surface area contributed by atoms with Gasteiger partial charge in [-0.25, -0.2) is 0 Å². The summed E-state index contributed by atoms with van der Waals surface area (Å²) in [5.74, 6) is 0.967. The Morgan fingerprint density at radius 1 is 1.41 bits per heavy atom. The van der Waals surface area contributed by atoms with Crippen LogP contribution in [0.25, 0.3) is 0 Å². The molecule has 1 aliphatic rings. The van der Waals surface area contributed by atoms with Crippen LogP contribution in [-0.2, 0) is 13.0 Å². The summed E-state index contributed by atoms with van der Waals surface area (Å²) in [7, 11) is 0. The first-order chi connectivity index (χ1) is 8.31. The number of aryl methyl sites for hydroxylation is 1. The Morgan fingerprint density at radius 2 is 2.18 bits per heavy atom. The van der Waals surface area contributed by atoms with E-state index in [1.54, 1.807) is 0 Å². The molecule has 0 amide bonds. The van der Waals surface area contributed by atoms with Crippen LogP contribution in [0.15, 0.2) is 15.7 Å². The minimum atomic E-state index is 0.858. The van der Waals surface area contributed by atoms with Gasteiger partial charge in [-0.05, 0) is 13.3 Å². The second-order valence-electron chi connectivity index (χ2n) is 4.24. The Bertz CT molecular complexity index is 366. The first-order valence-corrected chi connectivity index (χ1v) is 6.22. The third kappa shape index (κ3) is 3.30. The minimum absolute atomic E-state index is 0.858. The molecule has 1 aliphatic heterocycles. The lowest BCUT2D eigenvalue weighted by atomic mass is 10.3. The van der Waals surface area contributed by atoms with Crippen molar-refractivity contribution in [3.05, 3.63) is 17.5 Å². The molecule has 0 unspecified atom stereocenters. The highest BCUT2D eigenvalue weighted by Crippen LogP contribution is 2.10. The molecule has 5 nitrogen and oxygen atoms in total. The lowest BCUT2D eigenvalue weighted by Crippen LogP contribution is -2.43. The van der Waals surface area contributed by atoms with Crippen LogP contribution in [0.5, 0.6) is 0 Å². The van der Waals surface area contributed by atoms with E-state index in [-0.39, 0.29) is 0 Å². The molecule has 0 saturated carbocycles. The van der Waals surface area contributed by atoms with Crippen LogP contribution in [-0.4, -0.2) is 47.5 Å². The maximum atomic E-state index is 5.30. The largest absolute Gasteiger partial charge is 0.360 e. The standard InChI is InChI=1S/C12H20N4O/c1-3-11-9-12(17-14-11)10-15-5-7-16(8-6-15)13-4-2/h4,9H,3,5-8,10H2,1-2H3/b13-4+. The van der Waals surface area contributed by atoms with Gasteiger partial charge in [-0.2, -0.15) is 5.10 Å². The molecule has 0 spiro atoms. The molecule has 1 aromatic heterocycles. The Kier molecular flexibility index (Phi) is 4.14. The number of hydrazone groups is 1. The van der Waals surface area contributed by atoms with Crippen LogP contribution in [0.4, 0.5) is 0 Å². The zero-order valence-corrected chi connectivity index (χ0v) is 10.6. The minimum Gasteiger partial charge on any atom is -0.360 e. The fraction of sp³-hybridized carbons (Fsp3) is 0.667. The quantitative estimate of drug-likeness (QED) is 0.740. The van der Waals surface area contributed by atoms with E-state index in [4.69, 9.17) is 4.52 Å². The van der Waals surface area contributed by atoms with Gasteiger partial charge in [-0.15, -0.1) is 0 Å². The van der Waals surface area contributed by atoms with Gasteiger partial charge in [-0.1, -0.05) is 12.1 Å². The molecule has 1 saturated heterocycles. The van der Waals surface area contributed by atoms with Crippen molar-refractivity contribution in [1.82, 2.24) is 15.1 Å². The van der Waals surface area contributed by atoms with Gasteiger partial charge < -0.3 is 4.52 Å². The second kappa shape index (κ2) is 5.82. The summed E-state index contributed by atoms with van der Waals surface area (Å²) in [5, 5.41) is 10.4. The molecule has 0 N–H and O–H groups in total. The molecule has 2 rings (SSSR count). The van der Waals surface area contributed by atoms with E-state index >= 15 is 0 Å². The van der Waals surface area contributed by atoms with E-state index in [1.807, 2.05) is 13.1 Å². The van der Waals surface area contributed by atoms with Crippen LogP contribution in [0.2, 0.25) is 0 Å². The van der Waals surface area contributed by atoms with Crippen molar-refractivity contribution < 1.29 is 4.52 Å². The number of hydrogen-bond acceptors (Lipinski definition) is 5. The molecule has 1 aromatic rings. The van der Waals surface area contributed by atoms with Gasteiger partial charge in [0.2, 0.25) is 0 Å². The fourth-order valence-electron chi connectivity index (χ4n) is 1.99. The van der Waals surface area contributed by atoms with Gasteiger partial charge in [0.1, 0.15) is 0 Å². The number of aromatic nitrogens is 1. The highest BCUT2D eigenvalue weighted by molar-refractivity contribution is 5.52. The smallest absolute Gasteiger partial charge is 0.150 e. The molecule has 0 atom stereocenters. The number of rotatable bonds is 4. The van der Waals surface area contributed by atoms with Gasteiger partial charge in [0.15, 0.2) is 5.76 Å². The van der Waals surface area contributed by atoms with Crippen LogP contribution >= 0.6 is 0 Å². The maximum absolute atomic E-state index is 5.30. The summed E-state index contributed by atoms with van der Waals surface area (Å²) in [6.07, 6.45) is 2.78. The normalized spacial score (nSPS) is 18.1. The molecule has 0 bridgehead atoms. The van der Waals surface area contributed by atoms with Crippen LogP contribution in [0.1, 0.15) is 25.3 Å². The fourth-order valence-corrected chi connectivity index (χ4v) is 1.99. The van der Waals surface area contributed by atoms with Gasteiger partial charge in [0.25, 0.3) is 0 Å². The van der Waals surface area contributed by atoms with E-state index in [1.165, 1.54) is 0 Å². The molecule has 0 aliphatic carbocycles. The third-order valence-corrected chi connectivity index (χ3v) is 2.98. The van der Waals surface area contributed by atoms with Crippen molar-refractivity contribution in [3.63, 3.8) is 0 Å². The van der Waals surface area contributed by atoms with Crippen LogP contribution in [0.3, 0.4) is 0 Å². The summed E-state index contributed by atoms with van der Waals surface area (Å²) in [5.41, 5.74) is 1.04. The van der Waals surface area contributed by atoms with Crippen molar-refractivity contribution in [2.24, 2.45) is 5.10 Å². The molecular weight excluding hydrogens is 216 g/mol. The third-order valence-electron chi connectivity index (χ3n) is 2.98.